The molecule has 2 heterocycles. The Morgan fingerprint density at radius 1 is 1.19 bits per heavy atom. The first-order valence-corrected chi connectivity index (χ1v) is 11.3. The van der Waals surface area contributed by atoms with Gasteiger partial charge >= 0.3 is 0 Å². The predicted molar refractivity (Wildman–Crippen MR) is 121 cm³/mol. The third-order valence-corrected chi connectivity index (χ3v) is 6.46. The summed E-state index contributed by atoms with van der Waals surface area (Å²) in [6.45, 7) is 7.58. The van der Waals surface area contributed by atoms with Gasteiger partial charge in [-0.05, 0) is 44.0 Å². The molecule has 2 aliphatic rings. The molecule has 0 saturated carbocycles. The van der Waals surface area contributed by atoms with Gasteiger partial charge in [0.25, 0.3) is 5.91 Å². The maximum absolute atomic E-state index is 13.2. The topological polar surface area (TPSA) is 48.0 Å². The molecule has 0 N–H and O–H groups in total. The number of methoxy groups -OCH3 is 1. The molecule has 2 aromatic rings. The molecule has 0 bridgehead atoms. The monoisotopic (exact) mass is 423 g/mol. The number of amides is 1. The highest BCUT2D eigenvalue weighted by molar-refractivity contribution is 5.94. The fourth-order valence-electron chi connectivity index (χ4n) is 4.79. The smallest absolute Gasteiger partial charge is 0.253 e. The molecular weight excluding hydrogens is 390 g/mol. The summed E-state index contributed by atoms with van der Waals surface area (Å²) in [5.74, 6) is 1.75. The first kappa shape index (κ1) is 21.7. The number of aryl methyl sites for hydroxylation is 1. The maximum Gasteiger partial charge on any atom is 0.253 e. The van der Waals surface area contributed by atoms with Crippen molar-refractivity contribution < 1.29 is 19.0 Å². The average molecular weight is 424 g/mol. The summed E-state index contributed by atoms with van der Waals surface area (Å²) in [7, 11) is 1.65. The van der Waals surface area contributed by atoms with Crippen LogP contribution in [0.4, 0.5) is 0 Å². The van der Waals surface area contributed by atoms with Gasteiger partial charge in [0.05, 0.1) is 19.3 Å². The Kier molecular flexibility index (Phi) is 6.24. The second-order valence-electron chi connectivity index (χ2n) is 8.87. The van der Waals surface area contributed by atoms with Crippen molar-refractivity contribution in [3.63, 3.8) is 0 Å². The zero-order valence-corrected chi connectivity index (χ0v) is 19.0. The molecule has 1 amide bonds. The Morgan fingerprint density at radius 2 is 1.94 bits per heavy atom. The summed E-state index contributed by atoms with van der Waals surface area (Å²) in [6.07, 6.45) is 3.48. The van der Waals surface area contributed by atoms with Gasteiger partial charge in [-0.1, -0.05) is 31.2 Å². The Bertz CT molecular complexity index is 931. The zero-order chi connectivity index (χ0) is 22.0. The Morgan fingerprint density at radius 3 is 2.61 bits per heavy atom. The number of likely N-dealkylation sites (tertiary alicyclic amines) is 1. The molecule has 0 unspecified atom stereocenters. The molecule has 1 fully saturated rings. The van der Waals surface area contributed by atoms with Crippen molar-refractivity contribution in [2.75, 3.05) is 20.2 Å². The van der Waals surface area contributed by atoms with Gasteiger partial charge in [-0.2, -0.15) is 0 Å². The van der Waals surface area contributed by atoms with Gasteiger partial charge in [-0.3, -0.25) is 4.79 Å². The van der Waals surface area contributed by atoms with E-state index in [9.17, 15) is 4.79 Å². The maximum atomic E-state index is 13.2. The van der Waals surface area contributed by atoms with Crippen LogP contribution in [-0.2, 0) is 11.2 Å². The molecular formula is C26H33NO4. The van der Waals surface area contributed by atoms with Gasteiger partial charge in [-0.15, -0.1) is 0 Å². The predicted octanol–water partition coefficient (Wildman–Crippen LogP) is 5.18. The number of benzene rings is 2. The molecule has 5 nitrogen and oxygen atoms in total. The minimum Gasteiger partial charge on any atom is -0.496 e. The lowest BCUT2D eigenvalue weighted by molar-refractivity contribution is -0.0872. The number of piperidine rings is 1. The van der Waals surface area contributed by atoms with Crippen LogP contribution in [-0.4, -0.2) is 42.7 Å². The number of nitrogens with zero attached hydrogens (tertiary/aromatic N) is 1. The van der Waals surface area contributed by atoms with E-state index in [0.29, 0.717) is 18.7 Å². The van der Waals surface area contributed by atoms with Crippen LogP contribution in [0.25, 0.3) is 0 Å². The van der Waals surface area contributed by atoms with Gasteiger partial charge in [-0.25, -0.2) is 0 Å². The molecule has 1 atom stereocenters. The highest BCUT2D eigenvalue weighted by atomic mass is 16.5. The summed E-state index contributed by atoms with van der Waals surface area (Å²) in [5.41, 5.74) is 2.64. The molecule has 0 aromatic heterocycles. The summed E-state index contributed by atoms with van der Waals surface area (Å²) in [4.78, 5) is 15.1. The molecule has 2 aromatic carbocycles. The minimum absolute atomic E-state index is 0.0260. The lowest BCUT2D eigenvalue weighted by atomic mass is 9.81. The third-order valence-electron chi connectivity index (χ3n) is 6.46. The normalized spacial score (nSPS) is 19.8. The summed E-state index contributed by atoms with van der Waals surface area (Å²) >= 11 is 0. The fourth-order valence-corrected chi connectivity index (χ4v) is 4.79. The van der Waals surface area contributed by atoms with Crippen molar-refractivity contribution in [1.29, 1.82) is 0 Å². The molecule has 4 rings (SSSR count). The highest BCUT2D eigenvalue weighted by Crippen LogP contribution is 2.46. The molecule has 5 heteroatoms. The van der Waals surface area contributed by atoms with Crippen LogP contribution in [0.15, 0.2) is 42.5 Å². The molecule has 2 aliphatic heterocycles. The van der Waals surface area contributed by atoms with Crippen LogP contribution in [0.2, 0.25) is 0 Å². The lowest BCUT2D eigenvalue weighted by Gasteiger charge is -2.47. The number of rotatable bonds is 5. The molecule has 31 heavy (non-hydrogen) atoms. The van der Waals surface area contributed by atoms with Gasteiger partial charge < -0.3 is 19.1 Å². The van der Waals surface area contributed by atoms with E-state index in [1.54, 1.807) is 7.11 Å². The lowest BCUT2D eigenvalue weighted by Crippen LogP contribution is -2.52. The van der Waals surface area contributed by atoms with Crippen LogP contribution >= 0.6 is 0 Å². The van der Waals surface area contributed by atoms with E-state index in [0.717, 1.165) is 48.3 Å². The Balaban J connectivity index is 1.48. The van der Waals surface area contributed by atoms with E-state index in [1.165, 1.54) is 0 Å². The van der Waals surface area contributed by atoms with Crippen molar-refractivity contribution in [2.45, 2.75) is 64.3 Å². The summed E-state index contributed by atoms with van der Waals surface area (Å²) in [6, 6.07) is 14.0. The molecule has 1 saturated heterocycles. The van der Waals surface area contributed by atoms with Gasteiger partial charge in [0.2, 0.25) is 0 Å². The average Bonchev–Trinajstić information content (AvgIpc) is 2.78. The SMILES string of the molecule is CCc1ccc(C(=O)N2CCC3(CC2)C[C@@H](OC(C)C)c2ccccc2O3)cc1OC. The van der Waals surface area contributed by atoms with Crippen molar-refractivity contribution in [3.05, 3.63) is 59.2 Å². The van der Waals surface area contributed by atoms with Gasteiger partial charge in [0.15, 0.2) is 0 Å². The number of para-hydroxylation sites is 1. The van der Waals surface area contributed by atoms with E-state index in [1.807, 2.05) is 41.3 Å². The molecule has 1 spiro atoms. The number of carbonyl (C=O) groups excluding carboxylic acids is 1. The second-order valence-corrected chi connectivity index (χ2v) is 8.87. The summed E-state index contributed by atoms with van der Waals surface area (Å²) < 4.78 is 18.3. The Labute approximate surface area is 185 Å². The largest absolute Gasteiger partial charge is 0.496 e. The van der Waals surface area contributed by atoms with Crippen LogP contribution in [0, 0.1) is 0 Å². The van der Waals surface area contributed by atoms with Crippen molar-refractivity contribution in [3.8, 4) is 11.5 Å². The van der Waals surface area contributed by atoms with Crippen molar-refractivity contribution in [1.82, 2.24) is 4.90 Å². The van der Waals surface area contributed by atoms with Crippen molar-refractivity contribution >= 4 is 5.91 Å². The van der Waals surface area contributed by atoms with E-state index in [-0.39, 0.29) is 23.7 Å². The number of ether oxygens (including phenoxy) is 3. The van der Waals surface area contributed by atoms with Crippen LogP contribution < -0.4 is 9.47 Å². The standard InChI is InChI=1S/C26H33NO4/c1-5-19-10-11-20(16-23(19)29-4)25(28)27-14-12-26(13-15-27)17-24(30-18(2)3)21-8-6-7-9-22(21)31-26/h6-11,16,18,24H,5,12-15,17H2,1-4H3/t24-/m1/s1. The van der Waals surface area contributed by atoms with Gasteiger partial charge in [0.1, 0.15) is 17.1 Å². The number of hydrogen-bond acceptors (Lipinski definition) is 4. The highest BCUT2D eigenvalue weighted by Gasteiger charge is 2.44. The van der Waals surface area contributed by atoms with E-state index < -0.39 is 0 Å². The number of fused-ring (bicyclic) bond motifs is 1. The van der Waals surface area contributed by atoms with Crippen molar-refractivity contribution in [2.24, 2.45) is 0 Å². The van der Waals surface area contributed by atoms with E-state index in [2.05, 4.69) is 26.8 Å². The van der Waals surface area contributed by atoms with E-state index in [4.69, 9.17) is 14.2 Å². The second kappa shape index (κ2) is 8.91. The van der Waals surface area contributed by atoms with E-state index >= 15 is 0 Å². The first-order chi connectivity index (χ1) is 14.9. The number of carbonyl (C=O) groups is 1. The molecule has 0 aliphatic carbocycles. The fraction of sp³-hybridized carbons (Fsp3) is 0.500. The molecule has 166 valence electrons. The van der Waals surface area contributed by atoms with Crippen LogP contribution in [0.5, 0.6) is 11.5 Å². The first-order valence-electron chi connectivity index (χ1n) is 11.3. The Hall–Kier alpha value is -2.53. The third kappa shape index (κ3) is 4.42. The quantitative estimate of drug-likeness (QED) is 0.665. The number of hydrogen-bond donors (Lipinski definition) is 0. The van der Waals surface area contributed by atoms with Crippen LogP contribution in [0.1, 0.15) is 67.6 Å². The van der Waals surface area contributed by atoms with Gasteiger partial charge in [0, 0.05) is 43.5 Å². The summed E-state index contributed by atoms with van der Waals surface area (Å²) in [5, 5.41) is 0. The molecule has 0 radical (unpaired) electrons. The zero-order valence-electron chi connectivity index (χ0n) is 19.0. The minimum atomic E-state index is -0.283. The van der Waals surface area contributed by atoms with Crippen LogP contribution in [0.3, 0.4) is 0 Å².